The van der Waals surface area contributed by atoms with Crippen LogP contribution >= 0.6 is 0 Å². The predicted molar refractivity (Wildman–Crippen MR) is 117 cm³/mol. The van der Waals surface area contributed by atoms with E-state index in [1.54, 1.807) is 12.4 Å². The molecule has 36 heavy (non-hydrogen) atoms. The molecule has 186 valence electrons. The summed E-state index contributed by atoms with van der Waals surface area (Å²) in [6, 6.07) is 3.59. The second-order valence-corrected chi connectivity index (χ2v) is 8.43. The highest BCUT2D eigenvalue weighted by Crippen LogP contribution is 2.37. The van der Waals surface area contributed by atoms with Gasteiger partial charge in [0.2, 0.25) is 5.95 Å². The first-order valence-corrected chi connectivity index (χ1v) is 11.0. The fraction of sp³-hybridized carbons (Fsp3) is 0.364. The van der Waals surface area contributed by atoms with E-state index < -0.39 is 30.4 Å². The first kappa shape index (κ1) is 23.6. The summed E-state index contributed by atoms with van der Waals surface area (Å²) in [6.07, 6.45) is 0.651. The molecule has 0 radical (unpaired) electrons. The summed E-state index contributed by atoms with van der Waals surface area (Å²) >= 11 is 0. The number of hydrogen-bond acceptors (Lipinski definition) is 7. The van der Waals surface area contributed by atoms with Crippen LogP contribution in [0.15, 0.2) is 37.2 Å². The molecule has 0 saturated heterocycles. The molecule has 0 unspecified atom stereocenters. The van der Waals surface area contributed by atoms with Crippen molar-refractivity contribution in [2.45, 2.75) is 50.5 Å². The van der Waals surface area contributed by atoms with Crippen LogP contribution in [0.25, 0.3) is 22.4 Å². The minimum Gasteiger partial charge on any atom is -0.351 e. The van der Waals surface area contributed by atoms with Gasteiger partial charge < -0.3 is 9.88 Å². The van der Waals surface area contributed by atoms with E-state index >= 15 is 0 Å². The third-order valence-electron chi connectivity index (χ3n) is 6.00. The SMILES string of the molecule is N#Cc1cnc2c(c1)ncn2[C@H]1CC[C@@H](Nc2ncc(C(F)(F)F)c(-c3cnn(CC(F)F)c3)n2)C1. The number of fused-ring (bicyclic) bond motifs is 1. The second-order valence-electron chi connectivity index (χ2n) is 8.43. The molecule has 9 nitrogen and oxygen atoms in total. The number of pyridine rings is 1. The van der Waals surface area contributed by atoms with Gasteiger partial charge in [0, 0.05) is 36.2 Å². The van der Waals surface area contributed by atoms with E-state index in [-0.39, 0.29) is 23.6 Å². The number of halogens is 5. The molecule has 1 saturated carbocycles. The van der Waals surface area contributed by atoms with Crippen LogP contribution < -0.4 is 5.32 Å². The summed E-state index contributed by atoms with van der Waals surface area (Å²) in [6.45, 7) is -0.739. The van der Waals surface area contributed by atoms with E-state index in [4.69, 9.17) is 5.26 Å². The maximum Gasteiger partial charge on any atom is 0.419 e. The van der Waals surface area contributed by atoms with E-state index in [1.165, 1.54) is 6.20 Å². The molecule has 4 aromatic heterocycles. The lowest BCUT2D eigenvalue weighted by atomic mass is 10.1. The largest absolute Gasteiger partial charge is 0.419 e. The molecule has 0 spiro atoms. The molecule has 1 fully saturated rings. The standard InChI is InChI=1S/C22H18F5N9/c23-18(24)10-35-9-13(7-32-35)19-16(22(25,26)27)8-30-21(34-19)33-14-1-2-15(4-14)36-11-31-17-3-12(5-28)6-29-20(17)36/h3,6-9,11,14-15,18H,1-2,4,10H2,(H,30,33,34)/t14-,15+/m1/s1. The van der Waals surface area contributed by atoms with Crippen LogP contribution in [0.3, 0.4) is 0 Å². The Balaban J connectivity index is 1.36. The summed E-state index contributed by atoms with van der Waals surface area (Å²) in [5.74, 6) is -0.00228. The average Bonchev–Trinajstić information content (AvgIpc) is 3.57. The molecule has 2 atom stereocenters. The maximum atomic E-state index is 13.6. The molecule has 0 bridgehead atoms. The van der Waals surface area contributed by atoms with E-state index in [1.807, 2.05) is 10.6 Å². The van der Waals surface area contributed by atoms with Gasteiger partial charge in [0.1, 0.15) is 23.7 Å². The molecule has 0 aliphatic heterocycles. The molecule has 14 heteroatoms. The van der Waals surface area contributed by atoms with Crippen LogP contribution in [-0.2, 0) is 12.7 Å². The molecule has 1 N–H and O–H groups in total. The fourth-order valence-corrected chi connectivity index (χ4v) is 4.38. The minimum atomic E-state index is -4.74. The molecule has 5 rings (SSSR count). The maximum absolute atomic E-state index is 13.6. The van der Waals surface area contributed by atoms with Gasteiger partial charge >= 0.3 is 6.18 Å². The van der Waals surface area contributed by atoms with Crippen LogP contribution in [0.4, 0.5) is 27.9 Å². The van der Waals surface area contributed by atoms with Crippen molar-refractivity contribution in [2.75, 3.05) is 5.32 Å². The lowest BCUT2D eigenvalue weighted by molar-refractivity contribution is -0.137. The van der Waals surface area contributed by atoms with E-state index in [0.717, 1.165) is 23.5 Å². The summed E-state index contributed by atoms with van der Waals surface area (Å²) in [5, 5.41) is 15.9. The topological polar surface area (TPSA) is 110 Å². The highest BCUT2D eigenvalue weighted by molar-refractivity contribution is 5.72. The van der Waals surface area contributed by atoms with Crippen molar-refractivity contribution in [1.29, 1.82) is 5.26 Å². The fourth-order valence-electron chi connectivity index (χ4n) is 4.38. The van der Waals surface area contributed by atoms with Crippen LogP contribution in [0.1, 0.15) is 36.4 Å². The van der Waals surface area contributed by atoms with Crippen LogP contribution in [0.2, 0.25) is 0 Å². The van der Waals surface area contributed by atoms with E-state index in [9.17, 15) is 22.0 Å². The molecular formula is C22H18F5N9. The number of anilines is 1. The highest BCUT2D eigenvalue weighted by atomic mass is 19.4. The van der Waals surface area contributed by atoms with Gasteiger partial charge in [-0.15, -0.1) is 0 Å². The van der Waals surface area contributed by atoms with E-state index in [2.05, 4.69) is 30.4 Å². The van der Waals surface area contributed by atoms with Crippen molar-refractivity contribution >= 4 is 17.1 Å². The van der Waals surface area contributed by atoms with Gasteiger partial charge in [0.05, 0.1) is 23.8 Å². The monoisotopic (exact) mass is 503 g/mol. The summed E-state index contributed by atoms with van der Waals surface area (Å²) < 4.78 is 68.9. The third-order valence-corrected chi connectivity index (χ3v) is 6.00. The van der Waals surface area contributed by atoms with Crippen molar-refractivity contribution in [3.63, 3.8) is 0 Å². The number of nitriles is 1. The molecular weight excluding hydrogens is 485 g/mol. The normalized spacial score (nSPS) is 18.1. The quantitative estimate of drug-likeness (QED) is 0.387. The third kappa shape index (κ3) is 4.68. The highest BCUT2D eigenvalue weighted by Gasteiger charge is 2.36. The Morgan fingerprint density at radius 3 is 2.72 bits per heavy atom. The van der Waals surface area contributed by atoms with Crippen molar-refractivity contribution in [2.24, 2.45) is 0 Å². The van der Waals surface area contributed by atoms with Crippen molar-refractivity contribution in [1.82, 2.24) is 34.3 Å². The predicted octanol–water partition coefficient (Wildman–Crippen LogP) is 4.45. The zero-order chi connectivity index (χ0) is 25.4. The lowest BCUT2D eigenvalue weighted by Crippen LogP contribution is -2.19. The Kier molecular flexibility index (Phi) is 5.99. The van der Waals surface area contributed by atoms with Gasteiger partial charge in [0.15, 0.2) is 5.65 Å². The van der Waals surface area contributed by atoms with Gasteiger partial charge in [-0.25, -0.2) is 28.7 Å². The summed E-state index contributed by atoms with van der Waals surface area (Å²) in [4.78, 5) is 16.6. The van der Waals surface area contributed by atoms with Gasteiger partial charge in [0.25, 0.3) is 6.43 Å². The van der Waals surface area contributed by atoms with E-state index in [0.29, 0.717) is 35.8 Å². The Morgan fingerprint density at radius 2 is 1.97 bits per heavy atom. The van der Waals surface area contributed by atoms with Gasteiger partial charge in [-0.05, 0) is 25.3 Å². The zero-order valence-corrected chi connectivity index (χ0v) is 18.5. The number of nitrogens with one attached hydrogen (secondary N) is 1. The number of nitrogens with zero attached hydrogens (tertiary/aromatic N) is 8. The smallest absolute Gasteiger partial charge is 0.351 e. The molecule has 4 heterocycles. The number of rotatable bonds is 6. The van der Waals surface area contributed by atoms with Crippen molar-refractivity contribution in [3.05, 3.63) is 48.3 Å². The lowest BCUT2D eigenvalue weighted by Gasteiger charge is -2.16. The van der Waals surface area contributed by atoms with Gasteiger partial charge in [-0.1, -0.05) is 0 Å². The van der Waals surface area contributed by atoms with Crippen LogP contribution in [0, 0.1) is 11.3 Å². The molecule has 4 aromatic rings. The molecule has 1 aliphatic carbocycles. The average molecular weight is 503 g/mol. The van der Waals surface area contributed by atoms with Crippen molar-refractivity contribution in [3.8, 4) is 17.3 Å². The zero-order valence-electron chi connectivity index (χ0n) is 18.5. The minimum absolute atomic E-state index is 0.00228. The first-order chi connectivity index (χ1) is 17.2. The van der Waals surface area contributed by atoms with Crippen LogP contribution in [-0.4, -0.2) is 46.8 Å². The van der Waals surface area contributed by atoms with Gasteiger partial charge in [-0.2, -0.15) is 23.5 Å². The second kappa shape index (κ2) is 9.14. The molecule has 0 aromatic carbocycles. The number of hydrogen-bond donors (Lipinski definition) is 1. The summed E-state index contributed by atoms with van der Waals surface area (Å²) in [7, 11) is 0. The molecule has 1 aliphatic rings. The number of imidazole rings is 1. The Labute approximate surface area is 200 Å². The Morgan fingerprint density at radius 1 is 1.14 bits per heavy atom. The Bertz CT molecular complexity index is 1440. The first-order valence-electron chi connectivity index (χ1n) is 11.0. The van der Waals surface area contributed by atoms with Crippen molar-refractivity contribution < 1.29 is 22.0 Å². The number of aromatic nitrogens is 7. The van der Waals surface area contributed by atoms with Crippen LogP contribution in [0.5, 0.6) is 0 Å². The molecule has 0 amide bonds. The summed E-state index contributed by atoms with van der Waals surface area (Å²) in [5.41, 5.74) is 0.107. The van der Waals surface area contributed by atoms with Gasteiger partial charge in [-0.3, -0.25) is 4.68 Å². The Hall–Kier alpha value is -4.15. The number of alkyl halides is 5.